The van der Waals surface area contributed by atoms with Crippen molar-refractivity contribution in [1.29, 1.82) is 0 Å². The van der Waals surface area contributed by atoms with Crippen LogP contribution in [0.15, 0.2) is 18.2 Å². The maximum absolute atomic E-state index is 12.4. The van der Waals surface area contributed by atoms with Crippen LogP contribution in [0.2, 0.25) is 5.02 Å². The molecule has 0 radical (unpaired) electrons. The van der Waals surface area contributed by atoms with E-state index in [1.165, 1.54) is 24.6 Å². The Kier molecular flexibility index (Phi) is 4.45. The van der Waals surface area contributed by atoms with E-state index in [1.54, 1.807) is 0 Å². The molecule has 3 rings (SSSR count). The first-order valence-electron chi connectivity index (χ1n) is 7.62. The molecular weight excluding hydrogens is 331 g/mol. The van der Waals surface area contributed by atoms with Crippen molar-refractivity contribution in [2.45, 2.75) is 31.9 Å². The van der Waals surface area contributed by atoms with E-state index in [0.29, 0.717) is 16.9 Å². The maximum atomic E-state index is 12.4. The highest BCUT2D eigenvalue weighted by Gasteiger charge is 2.43. The van der Waals surface area contributed by atoms with E-state index in [2.05, 4.69) is 5.32 Å². The van der Waals surface area contributed by atoms with E-state index >= 15 is 0 Å². The molecule has 0 aliphatic heterocycles. The minimum atomic E-state index is -4.44. The molecule has 3 nitrogen and oxygen atoms in total. The van der Waals surface area contributed by atoms with Crippen LogP contribution in [0.25, 0.3) is 0 Å². The van der Waals surface area contributed by atoms with Gasteiger partial charge in [0.05, 0.1) is 5.69 Å². The van der Waals surface area contributed by atoms with Crippen LogP contribution in [0, 0.1) is 17.8 Å². The zero-order valence-electron chi connectivity index (χ0n) is 12.3. The van der Waals surface area contributed by atoms with Gasteiger partial charge in [0.25, 0.3) is 0 Å². The number of nitrogens with one attached hydrogen (secondary N) is 1. The molecule has 2 aliphatic rings. The van der Waals surface area contributed by atoms with Gasteiger partial charge in [0.15, 0.2) is 6.61 Å². The lowest BCUT2D eigenvalue weighted by Crippen LogP contribution is -2.27. The zero-order valence-corrected chi connectivity index (χ0v) is 13.1. The molecule has 3 atom stereocenters. The summed E-state index contributed by atoms with van der Waals surface area (Å²) in [5.41, 5.74) is 0.189. The van der Waals surface area contributed by atoms with Crippen molar-refractivity contribution in [2.75, 3.05) is 11.9 Å². The summed E-state index contributed by atoms with van der Waals surface area (Å²) in [4.78, 5) is 12.4. The third-order valence-corrected chi connectivity index (χ3v) is 4.90. The summed E-state index contributed by atoms with van der Waals surface area (Å²) in [6.07, 6.45) is -0.284. The van der Waals surface area contributed by atoms with Crippen LogP contribution in [-0.2, 0) is 4.79 Å². The third kappa shape index (κ3) is 3.91. The van der Waals surface area contributed by atoms with Gasteiger partial charge in [-0.05, 0) is 49.3 Å². The van der Waals surface area contributed by atoms with Gasteiger partial charge in [-0.25, -0.2) is 0 Å². The van der Waals surface area contributed by atoms with Crippen molar-refractivity contribution in [3.63, 3.8) is 0 Å². The van der Waals surface area contributed by atoms with Gasteiger partial charge in [-0.3, -0.25) is 4.79 Å². The average Bonchev–Trinajstić information content (AvgIpc) is 3.08. The van der Waals surface area contributed by atoms with Gasteiger partial charge in [0, 0.05) is 10.9 Å². The Bertz CT molecular complexity index is 605. The van der Waals surface area contributed by atoms with Crippen LogP contribution in [0.4, 0.5) is 18.9 Å². The van der Waals surface area contributed by atoms with Crippen molar-refractivity contribution in [2.24, 2.45) is 17.8 Å². The highest BCUT2D eigenvalue weighted by atomic mass is 35.5. The summed E-state index contributed by atoms with van der Waals surface area (Å²) in [6, 6.07) is 4.18. The Balaban J connectivity index is 1.71. The number of alkyl halides is 3. The van der Waals surface area contributed by atoms with Crippen LogP contribution < -0.4 is 10.1 Å². The quantitative estimate of drug-likeness (QED) is 0.860. The number of hydrogen-bond acceptors (Lipinski definition) is 2. The normalized spacial score (nSPS) is 26.3. The number of carbonyl (C=O) groups excluding carboxylic acids is 1. The Morgan fingerprint density at radius 2 is 2.09 bits per heavy atom. The molecule has 1 aromatic carbocycles. The first-order valence-corrected chi connectivity index (χ1v) is 7.99. The molecule has 2 bridgehead atoms. The van der Waals surface area contributed by atoms with Gasteiger partial charge in [-0.1, -0.05) is 18.0 Å². The molecule has 0 spiro atoms. The Hall–Kier alpha value is -1.43. The van der Waals surface area contributed by atoms with E-state index in [-0.39, 0.29) is 23.3 Å². The first kappa shape index (κ1) is 16.4. The number of amides is 1. The second-order valence-corrected chi connectivity index (χ2v) is 6.75. The number of ether oxygens (including phenoxy) is 1. The monoisotopic (exact) mass is 347 g/mol. The molecule has 2 saturated carbocycles. The van der Waals surface area contributed by atoms with Gasteiger partial charge in [-0.15, -0.1) is 0 Å². The smallest absolute Gasteiger partial charge is 0.422 e. The molecule has 2 aliphatic carbocycles. The lowest BCUT2D eigenvalue weighted by molar-refractivity contribution is -0.153. The predicted octanol–water partition coefficient (Wildman–Crippen LogP) is 4.66. The third-order valence-electron chi connectivity index (χ3n) is 4.67. The van der Waals surface area contributed by atoms with Gasteiger partial charge in [-0.2, -0.15) is 13.2 Å². The highest BCUT2D eigenvalue weighted by molar-refractivity contribution is 6.31. The fourth-order valence-electron chi connectivity index (χ4n) is 3.68. The van der Waals surface area contributed by atoms with Crippen LogP contribution in [0.1, 0.15) is 25.7 Å². The van der Waals surface area contributed by atoms with Gasteiger partial charge >= 0.3 is 6.18 Å². The molecule has 1 amide bonds. The summed E-state index contributed by atoms with van der Waals surface area (Å²) < 4.78 is 41.8. The fourth-order valence-corrected chi connectivity index (χ4v) is 3.85. The molecule has 0 heterocycles. The van der Waals surface area contributed by atoms with E-state index < -0.39 is 12.8 Å². The van der Waals surface area contributed by atoms with Gasteiger partial charge in [0.1, 0.15) is 5.75 Å². The van der Waals surface area contributed by atoms with Crippen LogP contribution >= 0.6 is 11.6 Å². The SMILES string of the molecule is O=C(Nc1cc(Cl)ccc1OCC(F)(F)F)[C@@H]1C[C@H]2CC[C@H]1C2. The van der Waals surface area contributed by atoms with E-state index in [0.717, 1.165) is 19.3 Å². The maximum Gasteiger partial charge on any atom is 0.422 e. The van der Waals surface area contributed by atoms with Crippen molar-refractivity contribution in [3.05, 3.63) is 23.2 Å². The molecule has 1 aromatic rings. The average molecular weight is 348 g/mol. The molecule has 126 valence electrons. The lowest BCUT2D eigenvalue weighted by Gasteiger charge is -2.22. The summed E-state index contributed by atoms with van der Waals surface area (Å²) in [7, 11) is 0. The second-order valence-electron chi connectivity index (χ2n) is 6.31. The molecular formula is C16H17ClF3NO2. The van der Waals surface area contributed by atoms with E-state index in [1.807, 2.05) is 0 Å². The molecule has 23 heavy (non-hydrogen) atoms. The Labute approximate surface area is 137 Å². The molecule has 2 fully saturated rings. The number of rotatable bonds is 4. The van der Waals surface area contributed by atoms with E-state index in [4.69, 9.17) is 16.3 Å². The second kappa shape index (κ2) is 6.23. The van der Waals surface area contributed by atoms with Gasteiger partial charge < -0.3 is 10.1 Å². The topological polar surface area (TPSA) is 38.3 Å². The number of benzene rings is 1. The predicted molar refractivity (Wildman–Crippen MR) is 80.6 cm³/mol. The lowest BCUT2D eigenvalue weighted by atomic mass is 9.88. The van der Waals surface area contributed by atoms with Crippen LogP contribution in [0.5, 0.6) is 5.75 Å². The number of hydrogen-bond donors (Lipinski definition) is 1. The number of halogens is 4. The number of fused-ring (bicyclic) bond motifs is 2. The van der Waals surface area contributed by atoms with Gasteiger partial charge in [0.2, 0.25) is 5.91 Å². The molecule has 7 heteroatoms. The van der Waals surface area contributed by atoms with E-state index in [9.17, 15) is 18.0 Å². The zero-order chi connectivity index (χ0) is 16.6. The summed E-state index contributed by atoms with van der Waals surface area (Å²) in [5, 5.41) is 3.03. The fraction of sp³-hybridized carbons (Fsp3) is 0.562. The highest BCUT2D eigenvalue weighted by Crippen LogP contribution is 2.48. The minimum absolute atomic E-state index is 0.0248. The first-order chi connectivity index (χ1) is 10.8. The Morgan fingerprint density at radius 3 is 2.70 bits per heavy atom. The van der Waals surface area contributed by atoms with Crippen molar-refractivity contribution < 1.29 is 22.7 Å². The van der Waals surface area contributed by atoms with Crippen LogP contribution in [-0.4, -0.2) is 18.7 Å². The molecule has 0 saturated heterocycles. The minimum Gasteiger partial charge on any atom is -0.482 e. The Morgan fingerprint density at radius 1 is 1.30 bits per heavy atom. The van der Waals surface area contributed by atoms with Crippen molar-refractivity contribution in [1.82, 2.24) is 0 Å². The molecule has 0 aromatic heterocycles. The standard InChI is InChI=1S/C16H17ClF3NO2/c17-11-3-4-14(23-8-16(18,19)20)13(7-11)21-15(22)12-6-9-1-2-10(12)5-9/h3-4,7,9-10,12H,1-2,5-6,8H2,(H,21,22)/t9-,10-,12+/m0/s1. The summed E-state index contributed by atoms with van der Waals surface area (Å²) in [5.74, 6) is 0.748. The van der Waals surface area contributed by atoms with Crippen LogP contribution in [0.3, 0.4) is 0 Å². The molecule has 1 N–H and O–H groups in total. The number of anilines is 1. The largest absolute Gasteiger partial charge is 0.482 e. The summed E-state index contributed by atoms with van der Waals surface area (Å²) in [6.45, 7) is -1.41. The van der Waals surface area contributed by atoms with Crippen molar-refractivity contribution in [3.8, 4) is 5.75 Å². The molecule has 0 unspecified atom stereocenters. The summed E-state index contributed by atoms with van der Waals surface area (Å²) >= 11 is 5.88. The number of carbonyl (C=O) groups is 1. The van der Waals surface area contributed by atoms with Crippen molar-refractivity contribution >= 4 is 23.2 Å².